The Morgan fingerprint density at radius 1 is 0.857 bits per heavy atom. The molecular weight excluding hydrogens is 356 g/mol. The lowest BCUT2D eigenvalue weighted by molar-refractivity contribution is -0.113. The van der Waals surface area contributed by atoms with Crippen LogP contribution in [0.4, 0.5) is 0 Å². The van der Waals surface area contributed by atoms with Gasteiger partial charge in [0.25, 0.3) is 0 Å². The maximum atomic E-state index is 13.3. The highest BCUT2D eigenvalue weighted by Crippen LogP contribution is 2.41. The molecule has 142 valence electrons. The summed E-state index contributed by atoms with van der Waals surface area (Å²) in [6, 6.07) is 11.5. The average Bonchev–Trinajstić information content (AvgIpc) is 3.37. The highest BCUT2D eigenvalue weighted by Gasteiger charge is 2.28. The summed E-state index contributed by atoms with van der Waals surface area (Å²) in [6.07, 6.45) is 5.55. The van der Waals surface area contributed by atoms with Crippen molar-refractivity contribution in [3.05, 3.63) is 58.7 Å². The second kappa shape index (κ2) is 6.75. The molecule has 1 atom stereocenters. The summed E-state index contributed by atoms with van der Waals surface area (Å²) in [6.45, 7) is 2.52. The maximum Gasteiger partial charge on any atom is 0.231 e. The zero-order chi connectivity index (χ0) is 19.1. The van der Waals surface area contributed by atoms with Crippen LogP contribution in [0, 0.1) is 5.92 Å². The van der Waals surface area contributed by atoms with E-state index in [-0.39, 0.29) is 25.3 Å². The van der Waals surface area contributed by atoms with Crippen LogP contribution in [0.2, 0.25) is 0 Å². The van der Waals surface area contributed by atoms with Gasteiger partial charge in [0, 0.05) is 22.3 Å². The fourth-order valence-electron chi connectivity index (χ4n) is 3.88. The van der Waals surface area contributed by atoms with Crippen molar-refractivity contribution in [2.45, 2.75) is 19.8 Å². The van der Waals surface area contributed by atoms with E-state index in [0.29, 0.717) is 11.5 Å². The number of Topliss-reactive ketones (excluding diaryl/α,β-unsaturated/α-hetero) is 1. The number of rotatable bonds is 2. The fourth-order valence-corrected chi connectivity index (χ4v) is 3.88. The van der Waals surface area contributed by atoms with Crippen molar-refractivity contribution in [2.24, 2.45) is 5.92 Å². The molecule has 0 aromatic heterocycles. The maximum absolute atomic E-state index is 13.3. The molecule has 5 rings (SSSR count). The molecule has 0 unspecified atom stereocenters. The summed E-state index contributed by atoms with van der Waals surface area (Å²) in [5, 5.41) is 0. The lowest BCUT2D eigenvalue weighted by Gasteiger charge is -2.23. The number of allylic oxidation sites excluding steroid dienone is 2. The van der Waals surface area contributed by atoms with Gasteiger partial charge in [0.05, 0.1) is 0 Å². The molecule has 0 saturated heterocycles. The molecule has 28 heavy (non-hydrogen) atoms. The van der Waals surface area contributed by atoms with Crippen molar-refractivity contribution in [3.8, 4) is 23.0 Å². The Morgan fingerprint density at radius 3 is 2.11 bits per heavy atom. The SMILES string of the molecule is C[C@H]1CC/C(=C\c2cccc3c2OCO3)C(=O)/C1=C\c1cccc2c1OCO2. The summed E-state index contributed by atoms with van der Waals surface area (Å²) in [5.74, 6) is 3.11. The number of ketones is 1. The van der Waals surface area contributed by atoms with Gasteiger partial charge >= 0.3 is 0 Å². The number of carbonyl (C=O) groups excluding carboxylic acids is 1. The summed E-state index contributed by atoms with van der Waals surface area (Å²) >= 11 is 0. The van der Waals surface area contributed by atoms with Crippen LogP contribution < -0.4 is 18.9 Å². The summed E-state index contributed by atoms with van der Waals surface area (Å²) < 4.78 is 22.1. The van der Waals surface area contributed by atoms with Gasteiger partial charge in [0.1, 0.15) is 0 Å². The van der Waals surface area contributed by atoms with Crippen LogP contribution in [0.3, 0.4) is 0 Å². The molecule has 2 heterocycles. The van der Waals surface area contributed by atoms with Gasteiger partial charge in [-0.05, 0) is 43.0 Å². The molecule has 1 fully saturated rings. The van der Waals surface area contributed by atoms with Crippen molar-refractivity contribution < 1.29 is 23.7 Å². The molecule has 2 aromatic rings. The molecule has 5 heteroatoms. The molecule has 1 saturated carbocycles. The van der Waals surface area contributed by atoms with Crippen LogP contribution in [0.5, 0.6) is 23.0 Å². The summed E-state index contributed by atoms with van der Waals surface area (Å²) in [4.78, 5) is 13.3. The van der Waals surface area contributed by atoms with Gasteiger partial charge in [0.15, 0.2) is 28.8 Å². The highest BCUT2D eigenvalue weighted by atomic mass is 16.7. The van der Waals surface area contributed by atoms with Crippen LogP contribution in [0.15, 0.2) is 47.5 Å². The molecule has 0 spiro atoms. The Bertz CT molecular complexity index is 1020. The standard InChI is InChI=1S/C23H20O5/c1-14-8-9-15(10-16-4-2-6-19-22(16)27-12-25-19)21(24)18(14)11-17-5-3-7-20-23(17)28-13-26-20/h2-7,10-11,14H,8-9,12-13H2,1H3/b15-10+,18-11-/t14-/m0/s1. The minimum atomic E-state index is 0.0757. The van der Waals surface area contributed by atoms with Crippen molar-refractivity contribution in [1.82, 2.24) is 0 Å². The van der Waals surface area contributed by atoms with E-state index in [0.717, 1.165) is 46.6 Å². The molecule has 0 amide bonds. The predicted molar refractivity (Wildman–Crippen MR) is 104 cm³/mol. The van der Waals surface area contributed by atoms with E-state index in [1.165, 1.54) is 0 Å². The monoisotopic (exact) mass is 376 g/mol. The normalized spacial score (nSPS) is 22.9. The van der Waals surface area contributed by atoms with Crippen LogP contribution in [0.1, 0.15) is 30.9 Å². The summed E-state index contributed by atoms with van der Waals surface area (Å²) in [5.41, 5.74) is 3.34. The Kier molecular flexibility index (Phi) is 4.08. The first-order valence-corrected chi connectivity index (χ1v) is 9.45. The molecule has 3 aliphatic rings. The second-order valence-electron chi connectivity index (χ2n) is 7.20. The van der Waals surface area contributed by atoms with Crippen molar-refractivity contribution in [3.63, 3.8) is 0 Å². The van der Waals surface area contributed by atoms with Crippen molar-refractivity contribution in [1.29, 1.82) is 0 Å². The third kappa shape index (κ3) is 2.83. The van der Waals surface area contributed by atoms with E-state index in [4.69, 9.17) is 18.9 Å². The molecule has 1 aliphatic carbocycles. The van der Waals surface area contributed by atoms with Gasteiger partial charge < -0.3 is 18.9 Å². The van der Waals surface area contributed by atoms with E-state index < -0.39 is 0 Å². The molecule has 0 bridgehead atoms. The zero-order valence-corrected chi connectivity index (χ0v) is 15.6. The lowest BCUT2D eigenvalue weighted by atomic mass is 9.80. The molecule has 0 N–H and O–H groups in total. The molecule has 0 radical (unpaired) electrons. The number of fused-ring (bicyclic) bond motifs is 2. The Morgan fingerprint density at radius 2 is 1.46 bits per heavy atom. The van der Waals surface area contributed by atoms with Crippen LogP contribution in [-0.4, -0.2) is 19.4 Å². The second-order valence-corrected chi connectivity index (χ2v) is 7.20. The first kappa shape index (κ1) is 16.9. The third-order valence-corrected chi connectivity index (χ3v) is 5.43. The van der Waals surface area contributed by atoms with Gasteiger partial charge in [0.2, 0.25) is 13.6 Å². The number of hydrogen-bond donors (Lipinski definition) is 0. The first-order valence-electron chi connectivity index (χ1n) is 9.45. The largest absolute Gasteiger partial charge is 0.454 e. The van der Waals surface area contributed by atoms with Crippen LogP contribution >= 0.6 is 0 Å². The van der Waals surface area contributed by atoms with E-state index in [1.54, 1.807) is 0 Å². The van der Waals surface area contributed by atoms with Gasteiger partial charge in [-0.1, -0.05) is 31.2 Å². The fraction of sp³-hybridized carbons (Fsp3) is 0.261. The smallest absolute Gasteiger partial charge is 0.231 e. The quantitative estimate of drug-likeness (QED) is 0.717. The van der Waals surface area contributed by atoms with E-state index in [2.05, 4.69) is 6.92 Å². The minimum absolute atomic E-state index is 0.0757. The third-order valence-electron chi connectivity index (χ3n) is 5.43. The van der Waals surface area contributed by atoms with E-state index >= 15 is 0 Å². The van der Waals surface area contributed by atoms with Crippen LogP contribution in [-0.2, 0) is 4.79 Å². The Balaban J connectivity index is 1.52. The predicted octanol–water partition coefficient (Wildman–Crippen LogP) is 4.61. The molecule has 5 nitrogen and oxygen atoms in total. The minimum Gasteiger partial charge on any atom is -0.454 e. The number of hydrogen-bond acceptors (Lipinski definition) is 5. The average molecular weight is 376 g/mol. The first-order chi connectivity index (χ1) is 13.7. The van der Waals surface area contributed by atoms with Crippen molar-refractivity contribution in [2.75, 3.05) is 13.6 Å². The van der Waals surface area contributed by atoms with E-state index in [1.807, 2.05) is 48.6 Å². The van der Waals surface area contributed by atoms with Gasteiger partial charge in [-0.3, -0.25) is 4.79 Å². The van der Waals surface area contributed by atoms with E-state index in [9.17, 15) is 4.79 Å². The molecule has 2 aromatic carbocycles. The lowest BCUT2D eigenvalue weighted by Crippen LogP contribution is -2.19. The van der Waals surface area contributed by atoms with Gasteiger partial charge in [-0.25, -0.2) is 0 Å². The number of carbonyl (C=O) groups is 1. The van der Waals surface area contributed by atoms with Crippen LogP contribution in [0.25, 0.3) is 12.2 Å². The van der Waals surface area contributed by atoms with Gasteiger partial charge in [-0.2, -0.15) is 0 Å². The zero-order valence-electron chi connectivity index (χ0n) is 15.6. The molecule has 2 aliphatic heterocycles. The Hall–Kier alpha value is -3.21. The molecular formula is C23H20O5. The van der Waals surface area contributed by atoms with Gasteiger partial charge in [-0.15, -0.1) is 0 Å². The number of benzene rings is 2. The van der Waals surface area contributed by atoms with Crippen molar-refractivity contribution >= 4 is 17.9 Å². The summed E-state index contributed by atoms with van der Waals surface area (Å²) in [7, 11) is 0. The topological polar surface area (TPSA) is 54.0 Å². The number of para-hydroxylation sites is 2. The Labute approximate surface area is 163 Å². The number of ether oxygens (including phenoxy) is 4. The highest BCUT2D eigenvalue weighted by molar-refractivity contribution is 6.14.